The maximum atomic E-state index is 11.1. The van der Waals surface area contributed by atoms with Gasteiger partial charge in [0.2, 0.25) is 0 Å². The minimum Gasteiger partial charge on any atom is -0.790 e. The molecule has 0 saturated carbocycles. The van der Waals surface area contributed by atoms with Crippen LogP contribution in [0.3, 0.4) is 0 Å². The number of carboxylic acids is 2. The summed E-state index contributed by atoms with van der Waals surface area (Å²) in [5, 5.41) is 18.2. The fraction of sp³-hybridized carbons (Fsp3) is 0.889. The van der Waals surface area contributed by atoms with Crippen LogP contribution in [-0.2, 0) is 14.2 Å². The third-order valence-corrected chi connectivity index (χ3v) is 4.48. The number of hydrogen-bond acceptors (Lipinski definition) is 6. The van der Waals surface area contributed by atoms with Crippen LogP contribution < -0.4 is 9.79 Å². The van der Waals surface area contributed by atoms with Crippen molar-refractivity contribution in [3.05, 3.63) is 0 Å². The van der Waals surface area contributed by atoms with Gasteiger partial charge in [-0.1, -0.05) is 64.7 Å². The molecule has 0 bridgehead atoms. The molecule has 0 aliphatic rings. The normalized spacial score (nSPS) is 13.1. The Bertz CT molecular complexity index is 447. The number of carbonyl (C=O) groups is 2. The molecule has 29 heavy (non-hydrogen) atoms. The molecule has 0 radical (unpaired) electrons. The first kappa shape index (κ1) is 33.9. The van der Waals surface area contributed by atoms with Gasteiger partial charge in [-0.3, -0.25) is 14.5 Å². The van der Waals surface area contributed by atoms with Crippen molar-refractivity contribution in [3.8, 4) is 0 Å². The van der Waals surface area contributed by atoms with E-state index < -0.39 is 31.8 Å². The monoisotopic (exact) mass is 465 g/mol. The molecule has 168 valence electrons. The Labute approximate surface area is 204 Å². The van der Waals surface area contributed by atoms with Crippen LogP contribution in [0.15, 0.2) is 0 Å². The molecule has 0 aromatic heterocycles. The number of aliphatic carboxylic acids is 2. The molecule has 0 aliphatic carbocycles. The second-order valence-corrected chi connectivity index (χ2v) is 7.85. The van der Waals surface area contributed by atoms with Crippen molar-refractivity contribution in [3.63, 3.8) is 0 Å². The van der Waals surface area contributed by atoms with Crippen LogP contribution in [0.1, 0.15) is 85.0 Å². The summed E-state index contributed by atoms with van der Waals surface area (Å²) in [6, 6.07) is -1.53. The number of rotatable bonds is 15. The number of phosphoric acid groups is 1. The summed E-state index contributed by atoms with van der Waals surface area (Å²) < 4.78 is 8.66. The van der Waals surface area contributed by atoms with Gasteiger partial charge in [0.1, 0.15) is 12.1 Å². The van der Waals surface area contributed by atoms with E-state index in [2.05, 4.69) is 6.92 Å². The maximum absolute atomic E-state index is 11.1. The third kappa shape index (κ3) is 24.4. The van der Waals surface area contributed by atoms with E-state index in [4.69, 9.17) is 29.5 Å². The van der Waals surface area contributed by atoms with Crippen molar-refractivity contribution in [1.82, 2.24) is 4.90 Å². The number of unbranched alkanes of at least 4 members (excludes halogenated alkanes) is 9. The van der Waals surface area contributed by atoms with E-state index in [1.165, 1.54) is 44.9 Å². The van der Waals surface area contributed by atoms with Gasteiger partial charge in [0, 0.05) is 0 Å². The summed E-state index contributed by atoms with van der Waals surface area (Å²) in [6.45, 7) is 5.85. The third-order valence-electron chi connectivity index (χ3n) is 4.48. The van der Waals surface area contributed by atoms with Crippen LogP contribution in [0.25, 0.3) is 0 Å². The largest absolute Gasteiger partial charge is 2.00 e. The van der Waals surface area contributed by atoms with Gasteiger partial charge in [0.25, 0.3) is 0 Å². The van der Waals surface area contributed by atoms with Gasteiger partial charge in [-0.2, -0.15) is 0 Å². The first-order valence-electron chi connectivity index (χ1n) is 9.87. The summed E-state index contributed by atoms with van der Waals surface area (Å²) in [6.07, 6.45) is 12.1. The van der Waals surface area contributed by atoms with Gasteiger partial charge >= 0.3 is 49.7 Å². The molecule has 0 fully saturated rings. The van der Waals surface area contributed by atoms with E-state index in [1.807, 2.05) is 0 Å². The number of carboxylic acid groups (broad SMARTS) is 2. The molecule has 0 rings (SSSR count). The van der Waals surface area contributed by atoms with E-state index in [9.17, 15) is 9.59 Å². The summed E-state index contributed by atoms with van der Waals surface area (Å²) in [5.41, 5.74) is 0. The molecule has 9 nitrogen and oxygen atoms in total. The minimum absolute atomic E-state index is 0. The predicted octanol–water partition coefficient (Wildman–Crippen LogP) is 1.58. The van der Waals surface area contributed by atoms with Crippen molar-refractivity contribution in [2.75, 3.05) is 6.54 Å². The summed E-state index contributed by atoms with van der Waals surface area (Å²) >= 11 is 0. The quantitative estimate of drug-likeness (QED) is 0.185. The van der Waals surface area contributed by atoms with Crippen LogP contribution in [0, 0.1) is 0 Å². The first-order valence-corrected chi connectivity index (χ1v) is 11.4. The van der Waals surface area contributed by atoms with Gasteiger partial charge in [0.05, 0.1) is 7.82 Å². The zero-order valence-electron chi connectivity index (χ0n) is 17.9. The van der Waals surface area contributed by atoms with E-state index >= 15 is 0 Å². The summed E-state index contributed by atoms with van der Waals surface area (Å²) in [4.78, 5) is 48.1. The molecule has 2 atom stereocenters. The average molecular weight is 466 g/mol. The Morgan fingerprint density at radius 3 is 1.38 bits per heavy atom. The van der Waals surface area contributed by atoms with Crippen LogP contribution in [0.5, 0.6) is 0 Å². The molecule has 2 unspecified atom stereocenters. The Hall–Kier alpha value is 0.270. The predicted molar refractivity (Wildman–Crippen MR) is 108 cm³/mol. The molecule has 0 amide bonds. The molecule has 0 heterocycles. The van der Waals surface area contributed by atoms with Gasteiger partial charge in [-0.05, 0) is 26.8 Å². The molecule has 0 saturated heterocycles. The summed E-state index contributed by atoms with van der Waals surface area (Å²) in [7, 11) is -5.14. The van der Waals surface area contributed by atoms with Crippen molar-refractivity contribution in [1.29, 1.82) is 0 Å². The molecular formula is C18H36CaNO8P. The molecule has 0 aliphatic heterocycles. The molecule has 0 aromatic carbocycles. The standard InChI is InChI=1S/C18H35NO4.Ca.H3O4P/c1-4-5-6-7-8-9-10-11-12-13-14-19(15(2)17(20)21)16(3)18(22)23;;1-5(2,3)4/h15-16H,4-14H2,1-3H3,(H,20,21)(H,22,23);;(H3,1,2,3,4)/q;+2;/p-2. The number of hydrogen-bond donors (Lipinski definition) is 3. The van der Waals surface area contributed by atoms with E-state index in [1.54, 1.807) is 18.7 Å². The second kappa shape index (κ2) is 20.2. The van der Waals surface area contributed by atoms with Gasteiger partial charge in [0.15, 0.2) is 0 Å². The van der Waals surface area contributed by atoms with Gasteiger partial charge < -0.3 is 29.5 Å². The van der Waals surface area contributed by atoms with Crippen molar-refractivity contribution in [2.24, 2.45) is 0 Å². The first-order chi connectivity index (χ1) is 12.9. The van der Waals surface area contributed by atoms with Crippen LogP contribution >= 0.6 is 7.82 Å². The summed E-state index contributed by atoms with van der Waals surface area (Å²) in [5.74, 6) is -1.93. The molecule has 0 aromatic rings. The van der Waals surface area contributed by atoms with Crippen molar-refractivity contribution >= 4 is 57.5 Å². The van der Waals surface area contributed by atoms with Crippen LogP contribution in [-0.4, -0.2) is 88.3 Å². The Balaban J connectivity index is -0.000000997. The topological polar surface area (TPSA) is 161 Å². The Morgan fingerprint density at radius 2 is 1.10 bits per heavy atom. The second-order valence-electron chi connectivity index (χ2n) is 6.92. The Morgan fingerprint density at radius 1 is 0.828 bits per heavy atom. The SMILES string of the molecule is CCCCCCCCCCCCN(C(C)C(=O)O)C(C)C(=O)O.O=P([O-])([O-])O.[Ca+2]. The van der Waals surface area contributed by atoms with Crippen LogP contribution in [0.4, 0.5) is 0 Å². The zero-order chi connectivity index (χ0) is 22.2. The minimum atomic E-state index is -5.14. The van der Waals surface area contributed by atoms with Gasteiger partial charge in [-0.15, -0.1) is 0 Å². The Kier molecular flexibility index (Phi) is 23.6. The smallest absolute Gasteiger partial charge is 0.790 e. The van der Waals surface area contributed by atoms with E-state index in [0.29, 0.717) is 6.54 Å². The molecule has 3 N–H and O–H groups in total. The molecule has 0 spiro atoms. The van der Waals surface area contributed by atoms with Crippen molar-refractivity contribution < 1.29 is 39.0 Å². The molecular weight excluding hydrogens is 429 g/mol. The maximum Gasteiger partial charge on any atom is 2.00 e. The van der Waals surface area contributed by atoms with Crippen LogP contribution in [0.2, 0.25) is 0 Å². The molecule has 11 heteroatoms. The fourth-order valence-corrected chi connectivity index (χ4v) is 2.79. The number of nitrogens with zero attached hydrogens (tertiary/aromatic N) is 1. The fourth-order valence-electron chi connectivity index (χ4n) is 2.79. The average Bonchev–Trinajstić information content (AvgIpc) is 2.57. The zero-order valence-corrected chi connectivity index (χ0v) is 21.0. The van der Waals surface area contributed by atoms with Gasteiger partial charge in [-0.25, -0.2) is 0 Å². The van der Waals surface area contributed by atoms with E-state index in [0.717, 1.165) is 19.3 Å². The van der Waals surface area contributed by atoms with Crippen molar-refractivity contribution in [2.45, 2.75) is 97.1 Å². The van der Waals surface area contributed by atoms with E-state index in [-0.39, 0.29) is 37.7 Å².